The number of nitrogens with zero attached hydrogens (tertiary/aromatic N) is 3. The number of aryl methyl sites for hydroxylation is 2. The first-order valence-electron chi connectivity index (χ1n) is 8.97. The fourth-order valence-corrected chi connectivity index (χ4v) is 3.69. The lowest BCUT2D eigenvalue weighted by atomic mass is 10.0. The first-order valence-corrected chi connectivity index (χ1v) is 8.97. The van der Waals surface area contributed by atoms with E-state index in [1.54, 1.807) is 0 Å². The van der Waals surface area contributed by atoms with E-state index in [-0.39, 0.29) is 0 Å². The van der Waals surface area contributed by atoms with Crippen LogP contribution in [0.25, 0.3) is 0 Å². The molecule has 0 radical (unpaired) electrons. The Morgan fingerprint density at radius 2 is 1.65 bits per heavy atom. The quantitative estimate of drug-likeness (QED) is 0.395. The first-order chi connectivity index (χ1) is 12.8. The summed E-state index contributed by atoms with van der Waals surface area (Å²) < 4.78 is 6.10. The Morgan fingerprint density at radius 1 is 0.846 bits per heavy atom. The molecule has 0 amide bonds. The van der Waals surface area contributed by atoms with E-state index in [1.165, 1.54) is 11.1 Å². The molecule has 3 aromatic carbocycles. The number of hydrogen-bond acceptors (Lipinski definition) is 4. The Bertz CT molecular complexity index is 1030. The second kappa shape index (κ2) is 5.99. The molecule has 0 atom stereocenters. The number of anilines is 3. The maximum Gasteiger partial charge on any atom is 0.146 e. The molecule has 2 aliphatic rings. The first kappa shape index (κ1) is 15.1. The van der Waals surface area contributed by atoms with Gasteiger partial charge in [0.25, 0.3) is 0 Å². The summed E-state index contributed by atoms with van der Waals surface area (Å²) in [5.74, 6) is 0.974. The summed E-state index contributed by atoms with van der Waals surface area (Å²) in [6.45, 7) is 2.83. The number of rotatable bonds is 1. The van der Waals surface area contributed by atoms with E-state index >= 15 is 0 Å². The molecular weight excluding hydrogens is 322 g/mol. The van der Waals surface area contributed by atoms with Crippen molar-refractivity contribution < 1.29 is 4.74 Å². The normalized spacial score (nSPS) is 14.7. The lowest BCUT2D eigenvalue weighted by Gasteiger charge is -2.30. The SMILES string of the molecule is Cc1ccc2c(c1)N=Nc1ccccc1N2c1cccc2c1OCCC2. The van der Waals surface area contributed by atoms with Gasteiger partial charge in [0, 0.05) is 0 Å². The van der Waals surface area contributed by atoms with Crippen LogP contribution in [0.4, 0.5) is 28.4 Å². The van der Waals surface area contributed by atoms with Crippen molar-refractivity contribution in [3.8, 4) is 5.75 Å². The molecule has 26 heavy (non-hydrogen) atoms. The van der Waals surface area contributed by atoms with Gasteiger partial charge in [-0.2, -0.15) is 0 Å². The number of hydrogen-bond donors (Lipinski definition) is 0. The standard InChI is InChI=1S/C22H19N3O/c1-15-11-12-20-18(14-15)24-23-17-8-2-3-9-19(17)25(20)21-10-4-6-16-7-5-13-26-22(16)21/h2-4,6,8-12,14H,5,7,13H2,1H3. The predicted molar refractivity (Wildman–Crippen MR) is 104 cm³/mol. The molecule has 0 saturated heterocycles. The van der Waals surface area contributed by atoms with Crippen molar-refractivity contribution in [1.29, 1.82) is 0 Å². The summed E-state index contributed by atoms with van der Waals surface area (Å²) >= 11 is 0. The van der Waals surface area contributed by atoms with Gasteiger partial charge in [0.2, 0.25) is 0 Å². The third-order valence-electron chi connectivity index (χ3n) is 4.91. The van der Waals surface area contributed by atoms with Gasteiger partial charge in [0.15, 0.2) is 0 Å². The molecule has 0 spiro atoms. The third-order valence-corrected chi connectivity index (χ3v) is 4.91. The van der Waals surface area contributed by atoms with Crippen LogP contribution in [0.3, 0.4) is 0 Å². The fourth-order valence-electron chi connectivity index (χ4n) is 3.69. The number of ether oxygens (including phenoxy) is 1. The smallest absolute Gasteiger partial charge is 0.146 e. The highest BCUT2D eigenvalue weighted by atomic mass is 16.5. The number of fused-ring (bicyclic) bond motifs is 3. The van der Waals surface area contributed by atoms with Crippen LogP contribution in [0, 0.1) is 6.92 Å². The van der Waals surface area contributed by atoms with Gasteiger partial charge in [-0.05, 0) is 61.2 Å². The topological polar surface area (TPSA) is 37.2 Å². The molecule has 0 aliphatic carbocycles. The maximum absolute atomic E-state index is 6.10. The van der Waals surface area contributed by atoms with Gasteiger partial charge in [-0.1, -0.05) is 30.3 Å². The summed E-state index contributed by atoms with van der Waals surface area (Å²) in [5.41, 5.74) is 7.24. The summed E-state index contributed by atoms with van der Waals surface area (Å²) in [6, 6.07) is 20.8. The zero-order chi connectivity index (χ0) is 17.5. The Balaban J connectivity index is 1.80. The van der Waals surface area contributed by atoms with E-state index in [4.69, 9.17) is 4.74 Å². The average Bonchev–Trinajstić information content (AvgIpc) is 2.84. The van der Waals surface area contributed by atoms with Crippen molar-refractivity contribution in [2.75, 3.05) is 11.5 Å². The van der Waals surface area contributed by atoms with Crippen LogP contribution in [0.1, 0.15) is 17.5 Å². The van der Waals surface area contributed by atoms with Crippen molar-refractivity contribution >= 4 is 28.4 Å². The van der Waals surface area contributed by atoms with Crippen molar-refractivity contribution in [3.63, 3.8) is 0 Å². The van der Waals surface area contributed by atoms with E-state index in [9.17, 15) is 0 Å². The van der Waals surface area contributed by atoms with E-state index in [0.717, 1.165) is 53.6 Å². The molecule has 0 fully saturated rings. The molecule has 0 N–H and O–H groups in total. The zero-order valence-corrected chi connectivity index (χ0v) is 14.6. The Hall–Kier alpha value is -3.14. The molecule has 2 aliphatic heterocycles. The van der Waals surface area contributed by atoms with Crippen LogP contribution in [-0.2, 0) is 6.42 Å². The number of benzene rings is 3. The van der Waals surface area contributed by atoms with Crippen LogP contribution in [0.5, 0.6) is 5.75 Å². The molecule has 4 heteroatoms. The molecule has 0 aromatic heterocycles. The largest absolute Gasteiger partial charge is 0.491 e. The summed E-state index contributed by atoms with van der Waals surface area (Å²) in [5, 5.41) is 9.02. The fraction of sp³-hybridized carbons (Fsp3) is 0.182. The summed E-state index contributed by atoms with van der Waals surface area (Å²) in [7, 11) is 0. The number of azo groups is 1. The molecule has 4 nitrogen and oxygen atoms in total. The van der Waals surface area contributed by atoms with Gasteiger partial charge in [-0.25, -0.2) is 0 Å². The van der Waals surface area contributed by atoms with Gasteiger partial charge in [-0.15, -0.1) is 10.2 Å². The summed E-state index contributed by atoms with van der Waals surface area (Å²) in [4.78, 5) is 2.23. The van der Waals surface area contributed by atoms with E-state index in [1.807, 2.05) is 18.2 Å². The Labute approximate surface area is 152 Å². The van der Waals surface area contributed by atoms with Crippen molar-refractivity contribution in [1.82, 2.24) is 0 Å². The van der Waals surface area contributed by atoms with Crippen LogP contribution in [0.15, 0.2) is 70.9 Å². The minimum Gasteiger partial charge on any atom is -0.491 e. The lowest BCUT2D eigenvalue weighted by molar-refractivity contribution is 0.289. The van der Waals surface area contributed by atoms with Crippen molar-refractivity contribution in [2.24, 2.45) is 10.2 Å². The van der Waals surface area contributed by atoms with Crippen LogP contribution >= 0.6 is 0 Å². The second-order valence-electron chi connectivity index (χ2n) is 6.73. The molecule has 0 unspecified atom stereocenters. The van der Waals surface area contributed by atoms with Crippen LogP contribution < -0.4 is 9.64 Å². The third kappa shape index (κ3) is 2.37. The van der Waals surface area contributed by atoms with Gasteiger partial charge in [0.1, 0.15) is 17.1 Å². The second-order valence-corrected chi connectivity index (χ2v) is 6.73. The van der Waals surface area contributed by atoms with Gasteiger partial charge >= 0.3 is 0 Å². The highest BCUT2D eigenvalue weighted by Crippen LogP contribution is 2.50. The average molecular weight is 341 g/mol. The minimum absolute atomic E-state index is 0.759. The molecule has 2 heterocycles. The zero-order valence-electron chi connectivity index (χ0n) is 14.6. The molecule has 0 bridgehead atoms. The van der Waals surface area contributed by atoms with Crippen LogP contribution in [0.2, 0.25) is 0 Å². The van der Waals surface area contributed by atoms with Gasteiger partial charge in [0.05, 0.1) is 23.7 Å². The van der Waals surface area contributed by atoms with Crippen LogP contribution in [-0.4, -0.2) is 6.61 Å². The number of para-hydroxylation sites is 2. The van der Waals surface area contributed by atoms with Crippen molar-refractivity contribution in [3.05, 3.63) is 71.8 Å². The summed E-state index contributed by atoms with van der Waals surface area (Å²) in [6.07, 6.45) is 2.11. The highest BCUT2D eigenvalue weighted by molar-refractivity contribution is 5.91. The maximum atomic E-state index is 6.10. The molecule has 3 aromatic rings. The van der Waals surface area contributed by atoms with E-state index < -0.39 is 0 Å². The van der Waals surface area contributed by atoms with E-state index in [2.05, 4.69) is 64.5 Å². The highest BCUT2D eigenvalue weighted by Gasteiger charge is 2.26. The minimum atomic E-state index is 0.759. The molecular formula is C22H19N3O. The molecule has 0 saturated carbocycles. The monoisotopic (exact) mass is 341 g/mol. The van der Waals surface area contributed by atoms with E-state index in [0.29, 0.717) is 0 Å². The van der Waals surface area contributed by atoms with Crippen molar-refractivity contribution in [2.45, 2.75) is 19.8 Å². The lowest BCUT2D eigenvalue weighted by Crippen LogP contribution is -2.15. The molecule has 5 rings (SSSR count). The van der Waals surface area contributed by atoms with Gasteiger partial charge in [-0.3, -0.25) is 0 Å². The molecule has 128 valence electrons. The predicted octanol–water partition coefficient (Wildman–Crippen LogP) is 6.52. The van der Waals surface area contributed by atoms with Gasteiger partial charge < -0.3 is 9.64 Å². The Morgan fingerprint density at radius 3 is 2.62 bits per heavy atom. The Kier molecular flexibility index (Phi) is 3.49.